The molecule has 0 saturated carbocycles. The van der Waals surface area contributed by atoms with E-state index in [-0.39, 0.29) is 17.6 Å². The molecule has 6 nitrogen and oxygen atoms in total. The van der Waals surface area contributed by atoms with Crippen molar-refractivity contribution >= 4 is 17.5 Å². The van der Waals surface area contributed by atoms with Gasteiger partial charge < -0.3 is 14.0 Å². The van der Waals surface area contributed by atoms with E-state index in [1.807, 2.05) is 85.1 Å². The number of thioether (sulfide) groups is 1. The predicted octanol–water partition coefficient (Wildman–Crippen LogP) is 5.84. The van der Waals surface area contributed by atoms with E-state index in [0.717, 1.165) is 22.4 Å². The molecule has 4 aromatic rings. The van der Waals surface area contributed by atoms with E-state index >= 15 is 0 Å². The van der Waals surface area contributed by atoms with E-state index in [1.165, 1.54) is 11.8 Å². The predicted molar refractivity (Wildman–Crippen MR) is 139 cm³/mol. The molecular weight excluding hydrogens is 458 g/mol. The summed E-state index contributed by atoms with van der Waals surface area (Å²) in [4.78, 5) is 12.9. The number of ketones is 1. The van der Waals surface area contributed by atoms with Gasteiger partial charge in [-0.05, 0) is 25.5 Å². The third-order valence-corrected chi connectivity index (χ3v) is 6.71. The fourth-order valence-corrected chi connectivity index (χ4v) is 4.65. The topological polar surface area (TPSA) is 66.2 Å². The minimum Gasteiger partial charge on any atom is -0.485 e. The highest BCUT2D eigenvalue weighted by Gasteiger charge is 2.21. The van der Waals surface area contributed by atoms with Crippen molar-refractivity contribution in [3.05, 3.63) is 95.8 Å². The second-order valence-corrected chi connectivity index (χ2v) is 9.49. The maximum Gasteiger partial charge on any atom is 0.192 e. The van der Waals surface area contributed by atoms with Crippen molar-refractivity contribution in [2.45, 2.75) is 37.4 Å². The number of aromatic nitrogens is 3. The molecule has 0 spiro atoms. The van der Waals surface area contributed by atoms with Gasteiger partial charge in [0.05, 0.1) is 11.9 Å². The molecule has 0 bridgehead atoms. The second-order valence-electron chi connectivity index (χ2n) is 8.18. The van der Waals surface area contributed by atoms with Gasteiger partial charge in [0.25, 0.3) is 0 Å². The minimum atomic E-state index is -0.309. The van der Waals surface area contributed by atoms with Crippen LogP contribution in [0.4, 0.5) is 0 Å². The molecule has 1 aromatic heterocycles. The Morgan fingerprint density at radius 1 is 0.971 bits per heavy atom. The number of nitrogens with zero attached hydrogens (tertiary/aromatic N) is 3. The average molecular weight is 488 g/mol. The quantitative estimate of drug-likeness (QED) is 0.196. The van der Waals surface area contributed by atoms with Crippen molar-refractivity contribution in [2.75, 3.05) is 13.7 Å². The number of carbonyl (C=O) groups is 1. The van der Waals surface area contributed by atoms with Gasteiger partial charge >= 0.3 is 0 Å². The van der Waals surface area contributed by atoms with Crippen LogP contribution in [0.1, 0.15) is 28.7 Å². The third-order valence-electron chi connectivity index (χ3n) is 5.63. The summed E-state index contributed by atoms with van der Waals surface area (Å²) in [6.07, 6.45) is 0. The molecule has 0 radical (unpaired) electrons. The number of methoxy groups -OCH3 is 1. The lowest BCUT2D eigenvalue weighted by Crippen LogP contribution is -2.16. The number of hydrogen-bond donors (Lipinski definition) is 0. The van der Waals surface area contributed by atoms with E-state index in [9.17, 15) is 4.79 Å². The number of hydrogen-bond acceptors (Lipinski definition) is 6. The van der Waals surface area contributed by atoms with Crippen molar-refractivity contribution in [3.63, 3.8) is 0 Å². The lowest BCUT2D eigenvalue weighted by atomic mass is 10.1. The molecular formula is C28H29N3O3S. The van der Waals surface area contributed by atoms with Crippen LogP contribution in [0.25, 0.3) is 11.1 Å². The molecule has 4 rings (SSSR count). The van der Waals surface area contributed by atoms with Crippen LogP contribution in [-0.2, 0) is 17.9 Å². The molecule has 35 heavy (non-hydrogen) atoms. The summed E-state index contributed by atoms with van der Waals surface area (Å²) in [7, 11) is 1.66. The van der Waals surface area contributed by atoms with Crippen LogP contribution in [-0.4, -0.2) is 39.5 Å². The van der Waals surface area contributed by atoms with E-state index in [4.69, 9.17) is 9.47 Å². The van der Waals surface area contributed by atoms with Crippen molar-refractivity contribution in [2.24, 2.45) is 0 Å². The molecule has 1 heterocycles. The first-order valence-electron chi connectivity index (χ1n) is 11.5. The highest BCUT2D eigenvalue weighted by molar-refractivity contribution is 8.00. The van der Waals surface area contributed by atoms with Gasteiger partial charge in [-0.1, -0.05) is 90.1 Å². The first-order chi connectivity index (χ1) is 17.1. The smallest absolute Gasteiger partial charge is 0.192 e. The monoisotopic (exact) mass is 487 g/mol. The van der Waals surface area contributed by atoms with Crippen LogP contribution in [0.5, 0.6) is 5.75 Å². The van der Waals surface area contributed by atoms with Gasteiger partial charge in [-0.2, -0.15) is 0 Å². The molecule has 7 heteroatoms. The average Bonchev–Trinajstić information content (AvgIpc) is 3.27. The number of benzene rings is 3. The summed E-state index contributed by atoms with van der Waals surface area (Å²) >= 11 is 1.40. The molecule has 0 aliphatic rings. The van der Waals surface area contributed by atoms with Gasteiger partial charge in [-0.25, -0.2) is 0 Å². The highest BCUT2D eigenvalue weighted by Crippen LogP contribution is 2.31. The van der Waals surface area contributed by atoms with Crippen LogP contribution in [0.3, 0.4) is 0 Å². The first kappa shape index (κ1) is 24.7. The Bertz CT molecular complexity index is 1260. The van der Waals surface area contributed by atoms with Crippen LogP contribution in [0.15, 0.2) is 84.0 Å². The van der Waals surface area contributed by atoms with Crippen molar-refractivity contribution in [3.8, 4) is 16.9 Å². The number of para-hydroxylation sites is 1. The van der Waals surface area contributed by atoms with Gasteiger partial charge in [0.1, 0.15) is 12.4 Å². The van der Waals surface area contributed by atoms with Gasteiger partial charge in [0, 0.05) is 24.8 Å². The van der Waals surface area contributed by atoms with Gasteiger partial charge in [0.2, 0.25) is 0 Å². The SMILES string of the molecule is COCCn1c(COc2ccccc2-c2ccccc2)nnc1SC(C)C(=O)c1ccc(C)cc1. The molecule has 0 aliphatic carbocycles. The Balaban J connectivity index is 1.51. The molecule has 180 valence electrons. The molecule has 1 unspecified atom stereocenters. The maximum atomic E-state index is 12.9. The lowest BCUT2D eigenvalue weighted by molar-refractivity contribution is 0.0994. The number of rotatable bonds is 11. The van der Waals surface area contributed by atoms with E-state index in [2.05, 4.69) is 22.3 Å². The number of aryl methyl sites for hydroxylation is 1. The van der Waals surface area contributed by atoms with Crippen molar-refractivity contribution < 1.29 is 14.3 Å². The van der Waals surface area contributed by atoms with Crippen molar-refractivity contribution in [1.29, 1.82) is 0 Å². The summed E-state index contributed by atoms with van der Waals surface area (Å²) in [5.41, 5.74) is 3.92. The second kappa shape index (κ2) is 11.8. The summed E-state index contributed by atoms with van der Waals surface area (Å²) in [5, 5.41) is 9.13. The fraction of sp³-hybridized carbons (Fsp3) is 0.250. The van der Waals surface area contributed by atoms with Gasteiger partial charge in [-0.3, -0.25) is 4.79 Å². The summed E-state index contributed by atoms with van der Waals surface area (Å²) in [6.45, 7) is 5.22. The van der Waals surface area contributed by atoms with Gasteiger partial charge in [-0.15, -0.1) is 10.2 Å². The lowest BCUT2D eigenvalue weighted by Gasteiger charge is -2.14. The van der Waals surface area contributed by atoms with E-state index in [1.54, 1.807) is 7.11 Å². The van der Waals surface area contributed by atoms with Crippen LogP contribution < -0.4 is 4.74 Å². The van der Waals surface area contributed by atoms with E-state index in [0.29, 0.717) is 29.7 Å². The largest absolute Gasteiger partial charge is 0.485 e. The van der Waals surface area contributed by atoms with E-state index < -0.39 is 0 Å². The zero-order valence-electron chi connectivity index (χ0n) is 20.2. The molecule has 1 atom stereocenters. The molecule has 0 N–H and O–H groups in total. The molecule has 0 saturated heterocycles. The van der Waals surface area contributed by atoms with Crippen molar-refractivity contribution in [1.82, 2.24) is 14.8 Å². The number of carbonyl (C=O) groups excluding carboxylic acids is 1. The van der Waals surface area contributed by atoms with Gasteiger partial charge in [0.15, 0.2) is 16.8 Å². The number of Topliss-reactive ketones (excluding diaryl/α,β-unsaturated/α-hetero) is 1. The Kier molecular flexibility index (Phi) is 8.34. The highest BCUT2D eigenvalue weighted by atomic mass is 32.2. The standard InChI is InChI=1S/C28H29N3O3S/c1-20-13-15-23(16-14-20)27(32)21(2)35-28-30-29-26(31(28)17-18-33-3)19-34-25-12-8-7-11-24(25)22-9-5-4-6-10-22/h4-16,21H,17-19H2,1-3H3. The zero-order valence-corrected chi connectivity index (χ0v) is 21.0. The third kappa shape index (κ3) is 6.18. The van der Waals surface area contributed by atoms with Crippen LogP contribution >= 0.6 is 11.8 Å². The molecule has 0 aliphatic heterocycles. The Morgan fingerprint density at radius 3 is 2.43 bits per heavy atom. The normalized spacial score (nSPS) is 11.9. The van der Waals surface area contributed by atoms with Crippen LogP contribution in [0.2, 0.25) is 0 Å². The molecule has 0 amide bonds. The molecule has 0 fully saturated rings. The summed E-state index contributed by atoms with van der Waals surface area (Å²) < 4.78 is 13.5. The Hall–Kier alpha value is -3.42. The minimum absolute atomic E-state index is 0.0610. The number of ether oxygens (including phenoxy) is 2. The summed E-state index contributed by atoms with van der Waals surface area (Å²) in [5.74, 6) is 1.52. The Labute approximate surface area is 210 Å². The fourth-order valence-electron chi connectivity index (χ4n) is 3.68. The Morgan fingerprint density at radius 2 is 1.69 bits per heavy atom. The maximum absolute atomic E-state index is 12.9. The first-order valence-corrected chi connectivity index (χ1v) is 12.4. The summed E-state index contributed by atoms with van der Waals surface area (Å²) in [6, 6.07) is 25.7. The zero-order chi connectivity index (χ0) is 24.6. The van der Waals surface area contributed by atoms with Crippen LogP contribution in [0, 0.1) is 6.92 Å². The molecule has 3 aromatic carbocycles.